The average Bonchev–Trinajstić information content (AvgIpc) is 3.07. The second-order valence-electron chi connectivity index (χ2n) is 5.07. The Bertz CT molecular complexity index is 446. The van der Waals surface area contributed by atoms with Gasteiger partial charge >= 0.3 is 12.0 Å². The number of urea groups is 1. The summed E-state index contributed by atoms with van der Waals surface area (Å²) in [6.07, 6.45) is 6.99. The van der Waals surface area contributed by atoms with Crippen molar-refractivity contribution in [2.24, 2.45) is 5.92 Å². The highest BCUT2D eigenvalue weighted by Crippen LogP contribution is 2.20. The van der Waals surface area contributed by atoms with Crippen LogP contribution in [0.5, 0.6) is 0 Å². The summed E-state index contributed by atoms with van der Waals surface area (Å²) < 4.78 is 1.90. The highest BCUT2D eigenvalue weighted by molar-refractivity contribution is 5.74. The van der Waals surface area contributed by atoms with Crippen LogP contribution in [-0.4, -0.2) is 51.2 Å². The molecule has 2 heterocycles. The zero-order valence-corrected chi connectivity index (χ0v) is 11.4. The van der Waals surface area contributed by atoms with Crippen LogP contribution in [0.4, 0.5) is 4.79 Å². The molecule has 2 amide bonds. The molecule has 2 rings (SSSR count). The largest absolute Gasteiger partial charge is 0.481 e. The van der Waals surface area contributed by atoms with Crippen LogP contribution >= 0.6 is 0 Å². The van der Waals surface area contributed by atoms with Crippen molar-refractivity contribution in [1.29, 1.82) is 0 Å². The molecule has 1 aromatic rings. The minimum atomic E-state index is -0.770. The van der Waals surface area contributed by atoms with Crippen molar-refractivity contribution in [1.82, 2.24) is 19.8 Å². The van der Waals surface area contributed by atoms with E-state index in [1.165, 1.54) is 0 Å². The maximum atomic E-state index is 11.9. The Morgan fingerprint density at radius 2 is 2.30 bits per heavy atom. The van der Waals surface area contributed by atoms with E-state index in [9.17, 15) is 9.59 Å². The molecule has 1 fully saturated rings. The molecule has 7 nitrogen and oxygen atoms in total. The van der Waals surface area contributed by atoms with Gasteiger partial charge in [0.25, 0.3) is 0 Å². The molecule has 1 atom stereocenters. The average molecular weight is 280 g/mol. The molecule has 1 saturated heterocycles. The summed E-state index contributed by atoms with van der Waals surface area (Å²) in [6.45, 7) is 2.62. The maximum absolute atomic E-state index is 11.9. The monoisotopic (exact) mass is 280 g/mol. The third kappa shape index (κ3) is 4.25. The number of carboxylic acid groups (broad SMARTS) is 1. The molecule has 0 aliphatic carbocycles. The van der Waals surface area contributed by atoms with Crippen LogP contribution in [0.2, 0.25) is 0 Å². The number of nitrogens with zero attached hydrogens (tertiary/aromatic N) is 3. The standard InChI is InChI=1S/C13H20N4O3/c18-12(19)2-1-11-3-6-17(9-11)13(20)15-5-8-16-7-4-14-10-16/h4,7,10-11H,1-3,5-6,8-9H2,(H,15,20)(H,18,19). The molecule has 0 aromatic carbocycles. The Morgan fingerprint density at radius 1 is 1.45 bits per heavy atom. The topological polar surface area (TPSA) is 87.5 Å². The lowest BCUT2D eigenvalue weighted by atomic mass is 10.0. The van der Waals surface area contributed by atoms with E-state index in [1.807, 2.05) is 10.8 Å². The first-order chi connectivity index (χ1) is 9.65. The molecule has 1 aromatic heterocycles. The van der Waals surface area contributed by atoms with Gasteiger partial charge in [0.1, 0.15) is 0 Å². The van der Waals surface area contributed by atoms with Crippen LogP contribution in [-0.2, 0) is 11.3 Å². The lowest BCUT2D eigenvalue weighted by Gasteiger charge is -2.17. The van der Waals surface area contributed by atoms with Gasteiger partial charge in [-0.1, -0.05) is 0 Å². The fourth-order valence-corrected chi connectivity index (χ4v) is 2.40. The SMILES string of the molecule is O=C(O)CCC1CCN(C(=O)NCCn2ccnc2)C1. The van der Waals surface area contributed by atoms with Crippen molar-refractivity contribution in [2.45, 2.75) is 25.8 Å². The molecule has 1 aliphatic rings. The van der Waals surface area contributed by atoms with Gasteiger partial charge < -0.3 is 19.9 Å². The summed E-state index contributed by atoms with van der Waals surface area (Å²) >= 11 is 0. The summed E-state index contributed by atoms with van der Waals surface area (Å²) in [6, 6.07) is -0.0667. The van der Waals surface area contributed by atoms with Crippen LogP contribution < -0.4 is 5.32 Å². The van der Waals surface area contributed by atoms with Crippen molar-refractivity contribution in [3.63, 3.8) is 0 Å². The van der Waals surface area contributed by atoms with Gasteiger partial charge in [0.2, 0.25) is 0 Å². The molecule has 0 bridgehead atoms. The second-order valence-corrected chi connectivity index (χ2v) is 5.07. The van der Waals surface area contributed by atoms with Gasteiger partial charge in [-0.3, -0.25) is 4.79 Å². The molecular formula is C13H20N4O3. The summed E-state index contributed by atoms with van der Waals surface area (Å²) in [5.74, 6) is -0.460. The van der Waals surface area contributed by atoms with Gasteiger partial charge in [0.15, 0.2) is 0 Å². The molecule has 7 heteroatoms. The molecule has 20 heavy (non-hydrogen) atoms. The molecule has 0 saturated carbocycles. The third-order valence-electron chi connectivity index (χ3n) is 3.54. The van der Waals surface area contributed by atoms with Crippen molar-refractivity contribution in [2.75, 3.05) is 19.6 Å². The minimum absolute atomic E-state index is 0.0667. The quantitative estimate of drug-likeness (QED) is 0.806. The van der Waals surface area contributed by atoms with E-state index >= 15 is 0 Å². The van der Waals surface area contributed by atoms with Gasteiger partial charge in [-0.15, -0.1) is 0 Å². The van der Waals surface area contributed by atoms with Gasteiger partial charge in [0.05, 0.1) is 6.33 Å². The van der Waals surface area contributed by atoms with Gasteiger partial charge in [-0.25, -0.2) is 9.78 Å². The summed E-state index contributed by atoms with van der Waals surface area (Å²) in [4.78, 5) is 28.2. The van der Waals surface area contributed by atoms with Crippen LogP contribution in [0.3, 0.4) is 0 Å². The van der Waals surface area contributed by atoms with Crippen molar-refractivity contribution >= 4 is 12.0 Å². The minimum Gasteiger partial charge on any atom is -0.481 e. The third-order valence-corrected chi connectivity index (χ3v) is 3.54. The number of carbonyl (C=O) groups excluding carboxylic acids is 1. The number of nitrogens with one attached hydrogen (secondary N) is 1. The second kappa shape index (κ2) is 6.93. The van der Waals surface area contributed by atoms with Gasteiger partial charge in [0, 0.05) is 45.0 Å². The molecule has 1 aliphatic heterocycles. The number of hydrogen-bond acceptors (Lipinski definition) is 3. The first-order valence-corrected chi connectivity index (χ1v) is 6.85. The number of likely N-dealkylation sites (tertiary alicyclic amines) is 1. The van der Waals surface area contributed by atoms with Gasteiger partial charge in [-0.2, -0.15) is 0 Å². The van der Waals surface area contributed by atoms with Crippen LogP contribution in [0.15, 0.2) is 18.7 Å². The van der Waals surface area contributed by atoms with E-state index in [0.29, 0.717) is 38.5 Å². The number of carboxylic acids is 1. The van der Waals surface area contributed by atoms with E-state index < -0.39 is 5.97 Å². The van der Waals surface area contributed by atoms with E-state index in [0.717, 1.165) is 6.42 Å². The fourth-order valence-electron chi connectivity index (χ4n) is 2.40. The van der Waals surface area contributed by atoms with Crippen LogP contribution in [0.1, 0.15) is 19.3 Å². The van der Waals surface area contributed by atoms with Crippen LogP contribution in [0, 0.1) is 5.92 Å². The molecule has 2 N–H and O–H groups in total. The predicted octanol–water partition coefficient (Wildman–Crippen LogP) is 0.779. The van der Waals surface area contributed by atoms with Crippen molar-refractivity contribution in [3.05, 3.63) is 18.7 Å². The first kappa shape index (κ1) is 14.4. The number of rotatable bonds is 6. The fraction of sp³-hybridized carbons (Fsp3) is 0.615. The normalized spacial score (nSPS) is 18.2. The van der Waals surface area contributed by atoms with Crippen molar-refractivity contribution < 1.29 is 14.7 Å². The number of aromatic nitrogens is 2. The Kier molecular flexibility index (Phi) is 4.97. The molecular weight excluding hydrogens is 260 g/mol. The smallest absolute Gasteiger partial charge is 0.317 e. The van der Waals surface area contributed by atoms with E-state index in [4.69, 9.17) is 5.11 Å². The summed E-state index contributed by atoms with van der Waals surface area (Å²) in [5, 5.41) is 11.5. The van der Waals surface area contributed by atoms with Crippen molar-refractivity contribution in [3.8, 4) is 0 Å². The first-order valence-electron chi connectivity index (χ1n) is 6.85. The zero-order valence-electron chi connectivity index (χ0n) is 11.4. The Morgan fingerprint density at radius 3 is 3.00 bits per heavy atom. The zero-order chi connectivity index (χ0) is 14.4. The number of amides is 2. The Balaban J connectivity index is 1.65. The highest BCUT2D eigenvalue weighted by atomic mass is 16.4. The number of hydrogen-bond donors (Lipinski definition) is 2. The van der Waals surface area contributed by atoms with Crippen LogP contribution in [0.25, 0.3) is 0 Å². The highest BCUT2D eigenvalue weighted by Gasteiger charge is 2.26. The lowest BCUT2D eigenvalue weighted by Crippen LogP contribution is -2.39. The maximum Gasteiger partial charge on any atom is 0.317 e. The molecule has 0 radical (unpaired) electrons. The Labute approximate surface area is 117 Å². The van der Waals surface area contributed by atoms with Gasteiger partial charge in [-0.05, 0) is 18.8 Å². The lowest BCUT2D eigenvalue weighted by molar-refractivity contribution is -0.137. The van der Waals surface area contributed by atoms with E-state index in [1.54, 1.807) is 17.4 Å². The number of carbonyl (C=O) groups is 2. The molecule has 1 unspecified atom stereocenters. The Hall–Kier alpha value is -2.05. The predicted molar refractivity (Wildman–Crippen MR) is 72.2 cm³/mol. The summed E-state index contributed by atoms with van der Waals surface area (Å²) in [7, 11) is 0. The number of imidazole rings is 1. The number of aliphatic carboxylic acids is 1. The van der Waals surface area contributed by atoms with E-state index in [-0.39, 0.29) is 12.5 Å². The van der Waals surface area contributed by atoms with E-state index in [2.05, 4.69) is 10.3 Å². The summed E-state index contributed by atoms with van der Waals surface area (Å²) in [5.41, 5.74) is 0. The molecule has 110 valence electrons. The molecule has 0 spiro atoms.